The normalized spacial score (nSPS) is 10.1. The largest absolute Gasteiger partial charge is 0.323 e. The summed E-state index contributed by atoms with van der Waals surface area (Å²) in [5.74, 6) is -0.187. The van der Waals surface area contributed by atoms with Crippen LogP contribution < -0.4 is 5.32 Å². The molecule has 20 heavy (non-hydrogen) atoms. The Labute approximate surface area is 124 Å². The summed E-state index contributed by atoms with van der Waals surface area (Å²) in [7, 11) is 0. The molecule has 6 nitrogen and oxygen atoms in total. The lowest BCUT2D eigenvalue weighted by molar-refractivity contribution is -0.116. The Hall–Kier alpha value is -2.10. The molecular formula is C12H9Cl2N5O. The molecule has 0 fully saturated rings. The summed E-state index contributed by atoms with van der Waals surface area (Å²) < 4.78 is 1.42. The van der Waals surface area contributed by atoms with Crippen molar-refractivity contribution >= 4 is 34.8 Å². The van der Waals surface area contributed by atoms with Crippen LogP contribution in [-0.4, -0.2) is 20.7 Å². The third kappa shape index (κ3) is 3.47. The number of halogens is 2. The lowest BCUT2D eigenvalue weighted by Gasteiger charge is -2.08. The lowest BCUT2D eigenvalue weighted by Crippen LogP contribution is -2.15. The zero-order chi connectivity index (χ0) is 14.5. The lowest BCUT2D eigenvalue weighted by atomic mass is 10.3. The van der Waals surface area contributed by atoms with Gasteiger partial charge in [-0.05, 0) is 12.1 Å². The Morgan fingerprint density at radius 2 is 2.10 bits per heavy atom. The van der Waals surface area contributed by atoms with Gasteiger partial charge in [0.1, 0.15) is 12.4 Å². The van der Waals surface area contributed by atoms with Crippen LogP contribution in [-0.2, 0) is 11.3 Å². The maximum absolute atomic E-state index is 11.8. The first-order valence-corrected chi connectivity index (χ1v) is 6.39. The van der Waals surface area contributed by atoms with E-state index in [9.17, 15) is 4.79 Å². The van der Waals surface area contributed by atoms with Crippen LogP contribution in [0.4, 0.5) is 5.69 Å². The highest BCUT2D eigenvalue weighted by Crippen LogP contribution is 2.29. The second kappa shape index (κ2) is 6.37. The number of hydrogen-bond acceptors (Lipinski definition) is 4. The summed E-state index contributed by atoms with van der Waals surface area (Å²) in [6.07, 6.45) is 1.56. The molecule has 2 rings (SSSR count). The number of hydrogen-bond donors (Lipinski definition) is 1. The Bertz CT molecular complexity index is 656. The Kier molecular flexibility index (Phi) is 4.56. The fraction of sp³-hybridized carbons (Fsp3) is 0.167. The molecule has 102 valence electrons. The van der Waals surface area contributed by atoms with Gasteiger partial charge in [-0.1, -0.05) is 29.3 Å². The number of nitriles is 1. The van der Waals surface area contributed by atoms with Crippen LogP contribution >= 0.6 is 23.2 Å². The summed E-state index contributed by atoms with van der Waals surface area (Å²) in [6, 6.07) is 6.78. The molecule has 1 aromatic heterocycles. The molecule has 1 N–H and O–H groups in total. The zero-order valence-corrected chi connectivity index (χ0v) is 11.7. The number of aryl methyl sites for hydroxylation is 1. The predicted molar refractivity (Wildman–Crippen MR) is 74.4 cm³/mol. The van der Waals surface area contributed by atoms with Gasteiger partial charge in [0.2, 0.25) is 5.91 Å². The number of anilines is 1. The van der Waals surface area contributed by atoms with Crippen LogP contribution in [0.5, 0.6) is 0 Å². The van der Waals surface area contributed by atoms with Crippen LogP contribution in [0.2, 0.25) is 10.0 Å². The van der Waals surface area contributed by atoms with Crippen molar-refractivity contribution in [1.29, 1.82) is 5.26 Å². The van der Waals surface area contributed by atoms with E-state index in [0.717, 1.165) is 0 Å². The number of rotatable bonds is 4. The second-order valence-corrected chi connectivity index (χ2v) is 4.65. The van der Waals surface area contributed by atoms with Gasteiger partial charge in [0, 0.05) is 6.42 Å². The summed E-state index contributed by atoms with van der Waals surface area (Å²) in [6.45, 7) is 0.308. The van der Waals surface area contributed by atoms with Gasteiger partial charge in [-0.3, -0.25) is 9.48 Å². The number of benzene rings is 1. The van der Waals surface area contributed by atoms with Crippen molar-refractivity contribution in [3.05, 3.63) is 40.4 Å². The molecule has 0 radical (unpaired) electrons. The highest BCUT2D eigenvalue weighted by atomic mass is 35.5. The minimum Gasteiger partial charge on any atom is -0.323 e. The average molecular weight is 310 g/mol. The van der Waals surface area contributed by atoms with E-state index in [1.54, 1.807) is 18.2 Å². The van der Waals surface area contributed by atoms with E-state index in [1.807, 2.05) is 6.07 Å². The van der Waals surface area contributed by atoms with Gasteiger partial charge in [0.05, 0.1) is 22.3 Å². The van der Waals surface area contributed by atoms with Crippen LogP contribution in [0, 0.1) is 11.3 Å². The number of aromatic nitrogens is 3. The van der Waals surface area contributed by atoms with E-state index in [4.69, 9.17) is 28.5 Å². The smallest absolute Gasteiger partial charge is 0.252 e. The van der Waals surface area contributed by atoms with Crippen molar-refractivity contribution in [3.63, 3.8) is 0 Å². The molecule has 0 saturated heterocycles. The summed E-state index contributed by atoms with van der Waals surface area (Å²) in [4.78, 5) is 15.6. The number of nitrogens with zero attached hydrogens (tertiary/aromatic N) is 4. The molecule has 0 unspecified atom stereocenters. The first kappa shape index (κ1) is 14.3. The number of nitrogens with one attached hydrogen (secondary N) is 1. The van der Waals surface area contributed by atoms with Crippen LogP contribution in [0.15, 0.2) is 24.5 Å². The molecule has 1 amide bonds. The van der Waals surface area contributed by atoms with Crippen LogP contribution in [0.3, 0.4) is 0 Å². The molecule has 0 aliphatic carbocycles. The van der Waals surface area contributed by atoms with E-state index in [-0.39, 0.29) is 18.2 Å². The van der Waals surface area contributed by atoms with Crippen LogP contribution in [0.25, 0.3) is 0 Å². The van der Waals surface area contributed by atoms with Gasteiger partial charge >= 0.3 is 0 Å². The number of para-hydroxylation sites is 1. The van der Waals surface area contributed by atoms with E-state index in [0.29, 0.717) is 22.3 Å². The number of amides is 1. The van der Waals surface area contributed by atoms with E-state index in [1.165, 1.54) is 11.0 Å². The monoisotopic (exact) mass is 309 g/mol. The minimum atomic E-state index is -0.256. The molecule has 0 aliphatic heterocycles. The average Bonchev–Trinajstić information content (AvgIpc) is 2.89. The number of carbonyl (C=O) groups is 1. The summed E-state index contributed by atoms with van der Waals surface area (Å²) in [5, 5.41) is 15.8. The summed E-state index contributed by atoms with van der Waals surface area (Å²) in [5.41, 5.74) is 0.386. The zero-order valence-electron chi connectivity index (χ0n) is 10.2. The quantitative estimate of drug-likeness (QED) is 0.940. The van der Waals surface area contributed by atoms with E-state index >= 15 is 0 Å². The molecule has 0 aliphatic rings. The third-order valence-corrected chi connectivity index (χ3v) is 3.06. The molecule has 1 heterocycles. The predicted octanol–water partition coefficient (Wildman–Crippen LogP) is 2.49. The van der Waals surface area contributed by atoms with Crippen LogP contribution in [0.1, 0.15) is 12.2 Å². The molecule has 1 aromatic carbocycles. The molecule has 0 saturated carbocycles. The first-order valence-electron chi connectivity index (χ1n) is 5.63. The van der Waals surface area contributed by atoms with Crippen molar-refractivity contribution in [3.8, 4) is 6.07 Å². The molecule has 0 spiro atoms. The SMILES string of the molecule is N#Cc1ncn(CCC(=O)Nc2c(Cl)cccc2Cl)n1. The van der Waals surface area contributed by atoms with Gasteiger partial charge in [0.25, 0.3) is 5.82 Å². The van der Waals surface area contributed by atoms with E-state index < -0.39 is 0 Å². The molecule has 0 atom stereocenters. The van der Waals surface area contributed by atoms with Crippen molar-refractivity contribution in [1.82, 2.24) is 14.8 Å². The van der Waals surface area contributed by atoms with Crippen molar-refractivity contribution in [2.75, 3.05) is 5.32 Å². The number of carbonyl (C=O) groups excluding carboxylic acids is 1. The maximum Gasteiger partial charge on any atom is 0.252 e. The maximum atomic E-state index is 11.8. The third-order valence-electron chi connectivity index (χ3n) is 2.43. The minimum absolute atomic E-state index is 0.0690. The molecule has 8 heteroatoms. The van der Waals surface area contributed by atoms with Crippen molar-refractivity contribution in [2.24, 2.45) is 0 Å². The topological polar surface area (TPSA) is 83.6 Å². The van der Waals surface area contributed by atoms with Crippen molar-refractivity contribution < 1.29 is 4.79 Å². The van der Waals surface area contributed by atoms with Gasteiger partial charge < -0.3 is 5.32 Å². The molecular weight excluding hydrogens is 301 g/mol. The first-order chi connectivity index (χ1) is 9.60. The van der Waals surface area contributed by atoms with Gasteiger partial charge in [-0.15, -0.1) is 5.10 Å². The standard InChI is InChI=1S/C12H9Cl2N5O/c13-8-2-1-3-9(14)12(8)17-11(20)4-5-19-7-16-10(6-15)18-19/h1-3,7H,4-5H2,(H,17,20). The second-order valence-electron chi connectivity index (χ2n) is 3.84. The highest BCUT2D eigenvalue weighted by Gasteiger charge is 2.10. The van der Waals surface area contributed by atoms with Gasteiger partial charge in [-0.25, -0.2) is 4.98 Å². The summed E-state index contributed by atoms with van der Waals surface area (Å²) >= 11 is 11.9. The Morgan fingerprint density at radius 3 is 2.70 bits per heavy atom. The Morgan fingerprint density at radius 1 is 1.40 bits per heavy atom. The van der Waals surface area contributed by atoms with Crippen molar-refractivity contribution in [2.45, 2.75) is 13.0 Å². The van der Waals surface area contributed by atoms with Gasteiger partial charge in [0.15, 0.2) is 0 Å². The van der Waals surface area contributed by atoms with Gasteiger partial charge in [-0.2, -0.15) is 5.26 Å². The molecule has 0 bridgehead atoms. The molecule has 2 aromatic rings. The Balaban J connectivity index is 1.94. The fourth-order valence-corrected chi connectivity index (χ4v) is 1.98. The van der Waals surface area contributed by atoms with E-state index in [2.05, 4.69) is 15.4 Å². The highest BCUT2D eigenvalue weighted by molar-refractivity contribution is 6.39. The fourth-order valence-electron chi connectivity index (χ4n) is 1.49.